The normalized spacial score (nSPS) is 19.2. The fourth-order valence-corrected chi connectivity index (χ4v) is 4.76. The lowest BCUT2D eigenvalue weighted by Gasteiger charge is -2.27. The standard InChI is InChI=1S/C25H28N4O3/c1-17-6-5-9-21(18(17)2)28-15-19(14-23(28)30)25-26-20-7-3-4-8-22(20)29(25)16-24(31)27-10-12-32-13-11-27/h3-9,19H,10-16H2,1-2H3. The van der Waals surface area contributed by atoms with E-state index < -0.39 is 0 Å². The van der Waals surface area contributed by atoms with Crippen molar-refractivity contribution in [1.82, 2.24) is 14.5 Å². The van der Waals surface area contributed by atoms with E-state index in [4.69, 9.17) is 9.72 Å². The van der Waals surface area contributed by atoms with Crippen LogP contribution in [0, 0.1) is 13.8 Å². The fourth-order valence-electron chi connectivity index (χ4n) is 4.76. The number of aromatic nitrogens is 2. The quantitative estimate of drug-likeness (QED) is 0.636. The molecule has 2 amide bonds. The number of para-hydroxylation sites is 2. The van der Waals surface area contributed by atoms with Crippen LogP contribution < -0.4 is 4.90 Å². The number of anilines is 1. The number of rotatable bonds is 4. The zero-order valence-corrected chi connectivity index (χ0v) is 18.6. The summed E-state index contributed by atoms with van der Waals surface area (Å²) in [7, 11) is 0. The van der Waals surface area contributed by atoms with Gasteiger partial charge < -0.3 is 19.1 Å². The molecule has 2 saturated heterocycles. The first-order valence-electron chi connectivity index (χ1n) is 11.2. The van der Waals surface area contributed by atoms with Gasteiger partial charge in [-0.3, -0.25) is 9.59 Å². The van der Waals surface area contributed by atoms with Crippen LogP contribution in [-0.4, -0.2) is 59.1 Å². The molecule has 166 valence electrons. The van der Waals surface area contributed by atoms with Crippen molar-refractivity contribution in [3.63, 3.8) is 0 Å². The number of amides is 2. The van der Waals surface area contributed by atoms with Gasteiger partial charge in [0.05, 0.1) is 24.2 Å². The Morgan fingerprint density at radius 3 is 2.69 bits per heavy atom. The van der Waals surface area contributed by atoms with E-state index in [9.17, 15) is 9.59 Å². The summed E-state index contributed by atoms with van der Waals surface area (Å²) in [5.41, 5.74) is 5.04. The van der Waals surface area contributed by atoms with Crippen LogP contribution >= 0.6 is 0 Å². The number of fused-ring (bicyclic) bond motifs is 1. The third kappa shape index (κ3) is 3.66. The molecule has 1 aromatic heterocycles. The highest BCUT2D eigenvalue weighted by atomic mass is 16.5. The van der Waals surface area contributed by atoms with Gasteiger partial charge in [-0.05, 0) is 43.2 Å². The Morgan fingerprint density at radius 2 is 1.88 bits per heavy atom. The van der Waals surface area contributed by atoms with E-state index >= 15 is 0 Å². The molecule has 3 heterocycles. The molecule has 32 heavy (non-hydrogen) atoms. The summed E-state index contributed by atoms with van der Waals surface area (Å²) in [5, 5.41) is 0. The van der Waals surface area contributed by atoms with Crippen molar-refractivity contribution >= 4 is 28.5 Å². The minimum Gasteiger partial charge on any atom is -0.378 e. The molecule has 2 aliphatic heterocycles. The number of benzene rings is 2. The van der Waals surface area contributed by atoms with Crippen LogP contribution in [0.1, 0.15) is 29.3 Å². The van der Waals surface area contributed by atoms with Gasteiger partial charge in [-0.15, -0.1) is 0 Å². The number of nitrogens with zero attached hydrogens (tertiary/aromatic N) is 4. The second kappa shape index (κ2) is 8.39. The molecule has 7 nitrogen and oxygen atoms in total. The SMILES string of the molecule is Cc1cccc(N2CC(c3nc4ccccc4n3CC(=O)N3CCOCC3)CC2=O)c1C. The van der Waals surface area contributed by atoms with E-state index in [-0.39, 0.29) is 24.3 Å². The molecule has 0 aliphatic carbocycles. The predicted octanol–water partition coefficient (Wildman–Crippen LogP) is 3.03. The summed E-state index contributed by atoms with van der Waals surface area (Å²) in [6, 6.07) is 13.9. The molecule has 0 N–H and O–H groups in total. The molecule has 2 aromatic carbocycles. The highest BCUT2D eigenvalue weighted by Crippen LogP contribution is 2.35. The van der Waals surface area contributed by atoms with Crippen molar-refractivity contribution in [2.75, 3.05) is 37.7 Å². The molecule has 2 fully saturated rings. The minimum atomic E-state index is -0.0627. The van der Waals surface area contributed by atoms with E-state index in [2.05, 4.69) is 19.9 Å². The number of hydrogen-bond donors (Lipinski definition) is 0. The monoisotopic (exact) mass is 432 g/mol. The maximum Gasteiger partial charge on any atom is 0.242 e. The number of hydrogen-bond acceptors (Lipinski definition) is 4. The lowest BCUT2D eigenvalue weighted by molar-refractivity contribution is -0.135. The molecule has 7 heteroatoms. The number of carbonyl (C=O) groups is 2. The number of carbonyl (C=O) groups excluding carboxylic acids is 2. The topological polar surface area (TPSA) is 67.7 Å². The molecule has 0 saturated carbocycles. The van der Waals surface area contributed by atoms with E-state index in [0.29, 0.717) is 39.3 Å². The molecule has 0 radical (unpaired) electrons. The minimum absolute atomic E-state index is 0.0627. The van der Waals surface area contributed by atoms with Crippen molar-refractivity contribution in [2.45, 2.75) is 32.7 Å². The first kappa shape index (κ1) is 20.7. The smallest absolute Gasteiger partial charge is 0.242 e. The maximum absolute atomic E-state index is 13.1. The van der Waals surface area contributed by atoms with Crippen molar-refractivity contribution in [2.24, 2.45) is 0 Å². The highest BCUT2D eigenvalue weighted by molar-refractivity contribution is 5.97. The molecule has 1 atom stereocenters. The molecular formula is C25H28N4O3. The van der Waals surface area contributed by atoms with E-state index in [1.54, 1.807) is 0 Å². The summed E-state index contributed by atoms with van der Waals surface area (Å²) >= 11 is 0. The summed E-state index contributed by atoms with van der Waals surface area (Å²) in [5.74, 6) is 0.913. The van der Waals surface area contributed by atoms with Crippen LogP contribution in [0.25, 0.3) is 11.0 Å². The molecule has 5 rings (SSSR count). The van der Waals surface area contributed by atoms with Gasteiger partial charge in [0.1, 0.15) is 12.4 Å². The van der Waals surface area contributed by atoms with Gasteiger partial charge in [0, 0.05) is 37.7 Å². The van der Waals surface area contributed by atoms with Crippen LogP contribution in [0.15, 0.2) is 42.5 Å². The van der Waals surface area contributed by atoms with Crippen LogP contribution in [0.5, 0.6) is 0 Å². The maximum atomic E-state index is 13.1. The Morgan fingerprint density at radius 1 is 1.09 bits per heavy atom. The van der Waals surface area contributed by atoms with Crippen LogP contribution in [0.3, 0.4) is 0 Å². The molecule has 3 aromatic rings. The van der Waals surface area contributed by atoms with Gasteiger partial charge in [-0.2, -0.15) is 0 Å². The predicted molar refractivity (Wildman–Crippen MR) is 123 cm³/mol. The van der Waals surface area contributed by atoms with Crippen LogP contribution in [0.2, 0.25) is 0 Å². The van der Waals surface area contributed by atoms with Crippen molar-refractivity contribution < 1.29 is 14.3 Å². The zero-order chi connectivity index (χ0) is 22.2. The Hall–Kier alpha value is -3.19. The molecule has 0 spiro atoms. The van der Waals surface area contributed by atoms with Crippen molar-refractivity contribution in [3.8, 4) is 0 Å². The van der Waals surface area contributed by atoms with E-state index in [0.717, 1.165) is 28.1 Å². The summed E-state index contributed by atoms with van der Waals surface area (Å²) in [6.45, 7) is 7.29. The first-order chi connectivity index (χ1) is 15.5. The summed E-state index contributed by atoms with van der Waals surface area (Å²) in [6.07, 6.45) is 0.391. The lowest BCUT2D eigenvalue weighted by atomic mass is 10.1. The largest absolute Gasteiger partial charge is 0.378 e. The number of morpholine rings is 1. The van der Waals surface area contributed by atoms with Crippen molar-refractivity contribution in [1.29, 1.82) is 0 Å². The Kier molecular flexibility index (Phi) is 5.43. The number of ether oxygens (including phenoxy) is 1. The Labute approximate surface area is 187 Å². The van der Waals surface area contributed by atoms with E-state index in [1.165, 1.54) is 5.56 Å². The van der Waals surface area contributed by atoms with Gasteiger partial charge in [-0.25, -0.2) is 4.98 Å². The fraction of sp³-hybridized carbons (Fsp3) is 0.400. The molecular weight excluding hydrogens is 404 g/mol. The molecule has 0 bridgehead atoms. The second-order valence-corrected chi connectivity index (χ2v) is 8.66. The lowest BCUT2D eigenvalue weighted by Crippen LogP contribution is -2.42. The highest BCUT2D eigenvalue weighted by Gasteiger charge is 2.36. The van der Waals surface area contributed by atoms with Gasteiger partial charge in [-0.1, -0.05) is 24.3 Å². The third-order valence-corrected chi connectivity index (χ3v) is 6.70. The third-order valence-electron chi connectivity index (χ3n) is 6.70. The Balaban J connectivity index is 1.47. The van der Waals surface area contributed by atoms with Gasteiger partial charge in [0.25, 0.3) is 0 Å². The number of imidazole rings is 1. The summed E-state index contributed by atoms with van der Waals surface area (Å²) < 4.78 is 7.40. The van der Waals surface area contributed by atoms with E-state index in [1.807, 2.05) is 50.8 Å². The average Bonchev–Trinajstić information content (AvgIpc) is 3.37. The van der Waals surface area contributed by atoms with Crippen LogP contribution in [0.4, 0.5) is 5.69 Å². The molecule has 1 unspecified atom stereocenters. The van der Waals surface area contributed by atoms with Crippen molar-refractivity contribution in [3.05, 3.63) is 59.4 Å². The molecule has 2 aliphatic rings. The van der Waals surface area contributed by atoms with Gasteiger partial charge >= 0.3 is 0 Å². The average molecular weight is 433 g/mol. The first-order valence-corrected chi connectivity index (χ1v) is 11.2. The zero-order valence-electron chi connectivity index (χ0n) is 18.6. The number of aryl methyl sites for hydroxylation is 1. The summed E-state index contributed by atoms with van der Waals surface area (Å²) in [4.78, 5) is 34.7. The second-order valence-electron chi connectivity index (χ2n) is 8.66. The van der Waals surface area contributed by atoms with Gasteiger partial charge in [0.2, 0.25) is 11.8 Å². The van der Waals surface area contributed by atoms with Gasteiger partial charge in [0.15, 0.2) is 0 Å². The van der Waals surface area contributed by atoms with Crippen LogP contribution in [-0.2, 0) is 20.9 Å². The Bertz CT molecular complexity index is 1180.